The molecule has 0 saturated heterocycles. The summed E-state index contributed by atoms with van der Waals surface area (Å²) in [7, 11) is 0. The van der Waals surface area contributed by atoms with Crippen LogP contribution in [0.3, 0.4) is 0 Å². The first kappa shape index (κ1) is 16.6. The van der Waals surface area contributed by atoms with Crippen molar-refractivity contribution in [3.63, 3.8) is 0 Å². The molecule has 0 amide bonds. The zero-order chi connectivity index (χ0) is 16.1. The van der Waals surface area contributed by atoms with Crippen LogP contribution >= 0.6 is 27.7 Å². The van der Waals surface area contributed by atoms with Crippen LogP contribution in [-0.2, 0) is 12.2 Å². The average molecular weight is 386 g/mol. The molecule has 2 aromatic rings. The molecule has 23 heavy (non-hydrogen) atoms. The van der Waals surface area contributed by atoms with Gasteiger partial charge in [-0.2, -0.15) is 0 Å². The quantitative estimate of drug-likeness (QED) is 0.550. The van der Waals surface area contributed by atoms with E-state index in [4.69, 9.17) is 6.42 Å². The van der Waals surface area contributed by atoms with Crippen LogP contribution in [0.15, 0.2) is 51.8 Å². The molecule has 0 bridgehead atoms. The van der Waals surface area contributed by atoms with Gasteiger partial charge in [-0.25, -0.2) is 0 Å². The first-order chi connectivity index (χ1) is 11.3. The maximum Gasteiger partial charge on any atom is 0.0578 e. The van der Waals surface area contributed by atoms with Crippen LogP contribution in [0, 0.1) is 12.3 Å². The van der Waals surface area contributed by atoms with Gasteiger partial charge < -0.3 is 0 Å². The fraction of sp³-hybridized carbons (Fsp3) is 0.300. The smallest absolute Gasteiger partial charge is 0.0578 e. The van der Waals surface area contributed by atoms with Crippen molar-refractivity contribution in [2.24, 2.45) is 0 Å². The minimum atomic E-state index is 0.406. The highest BCUT2D eigenvalue weighted by molar-refractivity contribution is 9.10. The summed E-state index contributed by atoms with van der Waals surface area (Å²) in [5.41, 5.74) is 4.30. The van der Waals surface area contributed by atoms with Crippen molar-refractivity contribution in [3.05, 3.63) is 63.6 Å². The van der Waals surface area contributed by atoms with Crippen molar-refractivity contribution >= 4 is 27.7 Å². The van der Waals surface area contributed by atoms with E-state index < -0.39 is 0 Å². The van der Waals surface area contributed by atoms with Gasteiger partial charge in [-0.15, -0.1) is 18.2 Å². The van der Waals surface area contributed by atoms with E-state index in [1.54, 1.807) is 0 Å². The molecule has 0 spiro atoms. The van der Waals surface area contributed by atoms with Gasteiger partial charge in [0.1, 0.15) is 0 Å². The van der Waals surface area contributed by atoms with Gasteiger partial charge in [-0.3, -0.25) is 5.32 Å². The van der Waals surface area contributed by atoms with Crippen molar-refractivity contribution in [2.45, 2.75) is 36.0 Å². The van der Waals surface area contributed by atoms with Crippen LogP contribution in [0.5, 0.6) is 0 Å². The van der Waals surface area contributed by atoms with Crippen molar-refractivity contribution < 1.29 is 0 Å². The van der Waals surface area contributed by atoms with Gasteiger partial charge in [0.15, 0.2) is 0 Å². The van der Waals surface area contributed by atoms with Crippen LogP contribution in [0.4, 0.5) is 0 Å². The molecule has 0 aromatic heterocycles. The summed E-state index contributed by atoms with van der Waals surface area (Å²) >= 11 is 5.43. The second kappa shape index (κ2) is 8.06. The summed E-state index contributed by atoms with van der Waals surface area (Å²) in [6, 6.07) is 15.7. The summed E-state index contributed by atoms with van der Waals surface area (Å²) in [6.07, 6.45) is 8.98. The largest absolute Gasteiger partial charge is 0.299 e. The molecular weight excluding hydrogens is 366 g/mol. The Morgan fingerprint density at radius 2 is 2.04 bits per heavy atom. The SMILES string of the molecule is C#CCNC1CCCc2c(SCc3ccc(Br)cc3)cccc21. The van der Waals surface area contributed by atoms with Crippen LogP contribution in [-0.4, -0.2) is 6.54 Å². The molecule has 0 aliphatic heterocycles. The Hall–Kier alpha value is -1.21. The second-order valence-electron chi connectivity index (χ2n) is 5.77. The number of fused-ring (bicyclic) bond motifs is 1. The van der Waals surface area contributed by atoms with Crippen molar-refractivity contribution in [2.75, 3.05) is 6.54 Å². The Kier molecular flexibility index (Phi) is 5.83. The van der Waals surface area contributed by atoms with Gasteiger partial charge >= 0.3 is 0 Å². The highest BCUT2D eigenvalue weighted by Crippen LogP contribution is 2.37. The molecular formula is C20H20BrNS. The molecule has 1 atom stereocenters. The van der Waals surface area contributed by atoms with Gasteiger partial charge in [0.2, 0.25) is 0 Å². The first-order valence-corrected chi connectivity index (χ1v) is 9.71. The van der Waals surface area contributed by atoms with Gasteiger partial charge in [0, 0.05) is 21.2 Å². The lowest BCUT2D eigenvalue weighted by Gasteiger charge is -2.27. The van der Waals surface area contributed by atoms with Gasteiger partial charge in [-0.1, -0.05) is 46.1 Å². The van der Waals surface area contributed by atoms with E-state index in [9.17, 15) is 0 Å². The number of thioether (sulfide) groups is 1. The van der Waals surface area contributed by atoms with E-state index in [-0.39, 0.29) is 0 Å². The molecule has 1 N–H and O–H groups in total. The molecule has 0 fully saturated rings. The molecule has 1 nitrogen and oxygen atoms in total. The predicted octanol–water partition coefficient (Wildman–Crippen LogP) is 5.34. The average Bonchev–Trinajstić information content (AvgIpc) is 2.59. The molecule has 0 saturated carbocycles. The van der Waals surface area contributed by atoms with E-state index in [1.807, 2.05) is 11.8 Å². The molecule has 2 aromatic carbocycles. The summed E-state index contributed by atoms with van der Waals surface area (Å²) in [6.45, 7) is 0.639. The molecule has 1 aliphatic carbocycles. The van der Waals surface area contributed by atoms with Crippen LogP contribution < -0.4 is 5.32 Å². The van der Waals surface area contributed by atoms with Gasteiger partial charge in [-0.05, 0) is 54.2 Å². The topological polar surface area (TPSA) is 12.0 Å². The monoisotopic (exact) mass is 385 g/mol. The number of benzene rings is 2. The minimum absolute atomic E-state index is 0.406. The molecule has 1 aliphatic rings. The molecule has 1 unspecified atom stereocenters. The molecule has 0 heterocycles. The Bertz CT molecular complexity index is 703. The summed E-state index contributed by atoms with van der Waals surface area (Å²) in [5, 5.41) is 3.48. The van der Waals surface area contributed by atoms with E-state index in [2.05, 4.69) is 69.6 Å². The van der Waals surface area contributed by atoms with Gasteiger partial charge in [0.25, 0.3) is 0 Å². The number of terminal acetylenes is 1. The number of nitrogens with one attached hydrogen (secondary N) is 1. The van der Waals surface area contributed by atoms with E-state index >= 15 is 0 Å². The molecule has 3 heteroatoms. The highest BCUT2D eigenvalue weighted by Gasteiger charge is 2.21. The number of hydrogen-bond acceptors (Lipinski definition) is 2. The third kappa shape index (κ3) is 4.20. The zero-order valence-electron chi connectivity index (χ0n) is 13.0. The van der Waals surface area contributed by atoms with E-state index in [0.717, 1.165) is 10.2 Å². The van der Waals surface area contributed by atoms with Crippen LogP contribution in [0.1, 0.15) is 35.6 Å². The second-order valence-corrected chi connectivity index (χ2v) is 7.70. The number of rotatable bonds is 5. The maximum absolute atomic E-state index is 5.40. The fourth-order valence-corrected chi connectivity index (χ4v) is 4.43. The highest BCUT2D eigenvalue weighted by atomic mass is 79.9. The Morgan fingerprint density at radius 3 is 2.83 bits per heavy atom. The third-order valence-corrected chi connectivity index (χ3v) is 5.92. The summed E-state index contributed by atoms with van der Waals surface area (Å²) in [4.78, 5) is 1.41. The first-order valence-electron chi connectivity index (χ1n) is 7.94. The lowest BCUT2D eigenvalue weighted by molar-refractivity contribution is 0.479. The number of halogens is 1. The molecule has 3 rings (SSSR count). The van der Waals surface area contributed by atoms with E-state index in [1.165, 1.54) is 40.8 Å². The summed E-state index contributed by atoms with van der Waals surface area (Å²) < 4.78 is 1.13. The predicted molar refractivity (Wildman–Crippen MR) is 103 cm³/mol. The normalized spacial score (nSPS) is 16.6. The Labute approximate surface area is 151 Å². The third-order valence-electron chi connectivity index (χ3n) is 4.22. The minimum Gasteiger partial charge on any atom is -0.299 e. The lowest BCUT2D eigenvalue weighted by Crippen LogP contribution is -2.25. The number of hydrogen-bond donors (Lipinski definition) is 1. The van der Waals surface area contributed by atoms with Crippen molar-refractivity contribution in [1.82, 2.24) is 5.32 Å². The molecule has 118 valence electrons. The lowest BCUT2D eigenvalue weighted by atomic mass is 9.87. The molecule has 0 radical (unpaired) electrons. The zero-order valence-corrected chi connectivity index (χ0v) is 15.4. The fourth-order valence-electron chi connectivity index (χ4n) is 3.09. The Morgan fingerprint density at radius 1 is 1.22 bits per heavy atom. The van der Waals surface area contributed by atoms with Crippen molar-refractivity contribution in [1.29, 1.82) is 0 Å². The summed E-state index contributed by atoms with van der Waals surface area (Å²) in [5.74, 6) is 3.70. The van der Waals surface area contributed by atoms with Crippen LogP contribution in [0.25, 0.3) is 0 Å². The van der Waals surface area contributed by atoms with Crippen LogP contribution in [0.2, 0.25) is 0 Å². The van der Waals surface area contributed by atoms with E-state index in [0.29, 0.717) is 12.6 Å². The van der Waals surface area contributed by atoms with Gasteiger partial charge in [0.05, 0.1) is 6.54 Å². The van der Waals surface area contributed by atoms with Crippen molar-refractivity contribution in [3.8, 4) is 12.3 Å². The maximum atomic E-state index is 5.40. The standard InChI is InChI=1S/C20H20BrNS/c1-2-13-22-19-7-3-6-18-17(19)5-4-8-20(18)23-14-15-9-11-16(21)12-10-15/h1,4-5,8-12,19,22H,3,6-7,13-14H2. The Balaban J connectivity index is 1.75.